The molecule has 0 fully saturated rings. The van der Waals surface area contributed by atoms with E-state index in [4.69, 9.17) is 10.2 Å². The van der Waals surface area contributed by atoms with Crippen molar-refractivity contribution in [1.82, 2.24) is 0 Å². The van der Waals surface area contributed by atoms with Gasteiger partial charge in [-0.05, 0) is 24.5 Å². The van der Waals surface area contributed by atoms with E-state index in [1.54, 1.807) is 0 Å². The summed E-state index contributed by atoms with van der Waals surface area (Å²) in [6, 6.07) is 3.43. The Morgan fingerprint density at radius 1 is 1.45 bits per heavy atom. The highest BCUT2D eigenvalue weighted by Gasteiger charge is 2.20. The van der Waals surface area contributed by atoms with Gasteiger partial charge < -0.3 is 15.5 Å². The quantitative estimate of drug-likeness (QED) is 0.521. The van der Waals surface area contributed by atoms with Gasteiger partial charge in [0.05, 0.1) is 10.5 Å². The first-order chi connectivity index (χ1) is 9.36. The van der Waals surface area contributed by atoms with Gasteiger partial charge in [0, 0.05) is 18.7 Å². The van der Waals surface area contributed by atoms with Crippen molar-refractivity contribution in [3.8, 4) is 0 Å². The van der Waals surface area contributed by atoms with E-state index in [1.807, 2.05) is 13.8 Å². The number of nitro groups is 1. The molecular weight excluding hydrogens is 264 g/mol. The number of carboxylic acids is 1. The minimum absolute atomic E-state index is 0.0235. The Hall–Kier alpha value is -2.15. The average molecular weight is 282 g/mol. The second-order valence-electron chi connectivity index (χ2n) is 4.80. The molecule has 3 N–H and O–H groups in total. The van der Waals surface area contributed by atoms with Gasteiger partial charge in [0.15, 0.2) is 0 Å². The summed E-state index contributed by atoms with van der Waals surface area (Å²) in [5.41, 5.74) is -0.0507. The maximum Gasteiger partial charge on any atom is 0.335 e. The maximum atomic E-state index is 11.0. The van der Waals surface area contributed by atoms with Crippen molar-refractivity contribution >= 4 is 17.3 Å². The fraction of sp³-hybridized carbons (Fsp3) is 0.462. The molecule has 1 atom stereocenters. The van der Waals surface area contributed by atoms with Gasteiger partial charge in [-0.2, -0.15) is 0 Å². The van der Waals surface area contributed by atoms with Gasteiger partial charge in [-0.25, -0.2) is 4.79 Å². The lowest BCUT2D eigenvalue weighted by atomic mass is 10.0. The minimum atomic E-state index is -1.15. The molecule has 0 saturated heterocycles. The van der Waals surface area contributed by atoms with Crippen LogP contribution in [0.5, 0.6) is 0 Å². The van der Waals surface area contributed by atoms with Gasteiger partial charge in [-0.15, -0.1) is 0 Å². The van der Waals surface area contributed by atoms with Crippen LogP contribution in [-0.2, 0) is 0 Å². The van der Waals surface area contributed by atoms with Crippen molar-refractivity contribution in [3.05, 3.63) is 33.9 Å². The third-order valence-corrected chi connectivity index (χ3v) is 3.03. The third kappa shape index (κ3) is 3.92. The number of aliphatic hydroxyl groups excluding tert-OH is 1. The summed E-state index contributed by atoms with van der Waals surface area (Å²) < 4.78 is 0. The molecule has 0 spiro atoms. The highest BCUT2D eigenvalue weighted by Crippen LogP contribution is 2.27. The maximum absolute atomic E-state index is 11.0. The van der Waals surface area contributed by atoms with Gasteiger partial charge in [0.25, 0.3) is 5.69 Å². The number of aromatic carboxylic acids is 1. The minimum Gasteiger partial charge on any atom is -0.478 e. The van der Waals surface area contributed by atoms with E-state index in [-0.39, 0.29) is 35.5 Å². The molecule has 7 heteroatoms. The van der Waals surface area contributed by atoms with Crippen molar-refractivity contribution < 1.29 is 19.9 Å². The van der Waals surface area contributed by atoms with E-state index < -0.39 is 10.9 Å². The third-order valence-electron chi connectivity index (χ3n) is 3.03. The average Bonchev–Trinajstić information content (AvgIpc) is 2.37. The predicted octanol–water partition coefficient (Wildman–Crippen LogP) is 2.11. The van der Waals surface area contributed by atoms with Gasteiger partial charge in [-0.3, -0.25) is 10.1 Å². The molecule has 1 unspecified atom stereocenters. The van der Waals surface area contributed by atoms with Crippen LogP contribution in [0.3, 0.4) is 0 Å². The molecule has 110 valence electrons. The van der Waals surface area contributed by atoms with E-state index in [9.17, 15) is 14.9 Å². The lowest BCUT2D eigenvalue weighted by Crippen LogP contribution is -2.27. The van der Waals surface area contributed by atoms with Crippen LogP contribution in [-0.4, -0.2) is 33.8 Å². The SMILES string of the molecule is CC(C)C(CCO)Nc1cc(C(=O)O)ccc1[N+](=O)[O-]. The summed E-state index contributed by atoms with van der Waals surface area (Å²) in [7, 11) is 0. The summed E-state index contributed by atoms with van der Waals surface area (Å²) >= 11 is 0. The molecule has 0 aliphatic heterocycles. The molecule has 20 heavy (non-hydrogen) atoms. The lowest BCUT2D eigenvalue weighted by Gasteiger charge is -2.22. The highest BCUT2D eigenvalue weighted by molar-refractivity contribution is 5.90. The largest absolute Gasteiger partial charge is 0.478 e. The first-order valence-corrected chi connectivity index (χ1v) is 6.26. The fourth-order valence-electron chi connectivity index (χ4n) is 1.85. The number of benzene rings is 1. The summed E-state index contributed by atoms with van der Waals surface area (Å²) in [4.78, 5) is 21.4. The molecular formula is C13H18N2O5. The summed E-state index contributed by atoms with van der Waals surface area (Å²) in [5, 5.41) is 31.9. The van der Waals surface area contributed by atoms with E-state index >= 15 is 0 Å². The molecule has 0 bridgehead atoms. The summed E-state index contributed by atoms with van der Waals surface area (Å²) in [6.45, 7) is 3.78. The van der Waals surface area contributed by atoms with Crippen LogP contribution in [0.2, 0.25) is 0 Å². The molecule has 1 aromatic carbocycles. The monoisotopic (exact) mass is 282 g/mol. The second kappa shape index (κ2) is 6.85. The predicted molar refractivity (Wildman–Crippen MR) is 74.0 cm³/mol. The fourth-order valence-corrected chi connectivity index (χ4v) is 1.85. The van der Waals surface area contributed by atoms with Crippen LogP contribution in [0.1, 0.15) is 30.6 Å². The number of nitrogens with one attached hydrogen (secondary N) is 1. The van der Waals surface area contributed by atoms with Gasteiger partial charge >= 0.3 is 5.97 Å². The van der Waals surface area contributed by atoms with Crippen molar-refractivity contribution in [3.63, 3.8) is 0 Å². The molecule has 0 radical (unpaired) electrons. The Morgan fingerprint density at radius 2 is 2.10 bits per heavy atom. The Kier molecular flexibility index (Phi) is 5.45. The van der Waals surface area contributed by atoms with Crippen molar-refractivity contribution in [1.29, 1.82) is 0 Å². The van der Waals surface area contributed by atoms with Crippen molar-refractivity contribution in [2.75, 3.05) is 11.9 Å². The van der Waals surface area contributed by atoms with Gasteiger partial charge in [0.2, 0.25) is 0 Å². The smallest absolute Gasteiger partial charge is 0.335 e. The normalized spacial score (nSPS) is 12.2. The van der Waals surface area contributed by atoms with Crippen LogP contribution < -0.4 is 5.32 Å². The molecule has 0 aliphatic rings. The lowest BCUT2D eigenvalue weighted by molar-refractivity contribution is -0.384. The standard InChI is InChI=1S/C13H18N2O5/c1-8(2)10(5-6-16)14-11-7-9(13(17)18)3-4-12(11)15(19)20/h3-4,7-8,10,14,16H,5-6H2,1-2H3,(H,17,18). The molecule has 7 nitrogen and oxygen atoms in total. The van der Waals surface area contributed by atoms with E-state index in [0.717, 1.165) is 0 Å². The summed E-state index contributed by atoms with van der Waals surface area (Å²) in [5.74, 6) is -1.01. The topological polar surface area (TPSA) is 113 Å². The van der Waals surface area contributed by atoms with Crippen LogP contribution in [0.15, 0.2) is 18.2 Å². The van der Waals surface area contributed by atoms with Crippen molar-refractivity contribution in [2.24, 2.45) is 5.92 Å². The van der Waals surface area contributed by atoms with E-state index in [2.05, 4.69) is 5.32 Å². The first-order valence-electron chi connectivity index (χ1n) is 6.26. The summed E-state index contributed by atoms with van der Waals surface area (Å²) in [6.07, 6.45) is 0.423. The number of aliphatic hydroxyl groups is 1. The Bertz CT molecular complexity index is 502. The number of anilines is 1. The number of rotatable bonds is 7. The van der Waals surface area contributed by atoms with Crippen molar-refractivity contribution in [2.45, 2.75) is 26.3 Å². The van der Waals surface area contributed by atoms with Crippen LogP contribution in [0.4, 0.5) is 11.4 Å². The van der Waals surface area contributed by atoms with Crippen LogP contribution in [0, 0.1) is 16.0 Å². The zero-order valence-electron chi connectivity index (χ0n) is 11.4. The van der Waals surface area contributed by atoms with Crippen LogP contribution in [0.25, 0.3) is 0 Å². The van der Waals surface area contributed by atoms with Crippen LogP contribution >= 0.6 is 0 Å². The molecule has 0 saturated carbocycles. The number of nitrogens with zero attached hydrogens (tertiary/aromatic N) is 1. The molecule has 0 aliphatic carbocycles. The number of carbonyl (C=O) groups is 1. The number of nitro benzene ring substituents is 1. The molecule has 0 amide bonds. The Balaban J connectivity index is 3.14. The molecule has 1 aromatic rings. The highest BCUT2D eigenvalue weighted by atomic mass is 16.6. The van der Waals surface area contributed by atoms with Gasteiger partial charge in [-0.1, -0.05) is 13.8 Å². The second-order valence-corrected chi connectivity index (χ2v) is 4.80. The number of hydrogen-bond acceptors (Lipinski definition) is 5. The molecule has 0 heterocycles. The first kappa shape index (κ1) is 15.9. The Morgan fingerprint density at radius 3 is 2.55 bits per heavy atom. The van der Waals surface area contributed by atoms with E-state index in [0.29, 0.717) is 6.42 Å². The molecule has 1 rings (SSSR count). The zero-order chi connectivity index (χ0) is 15.3. The zero-order valence-corrected chi connectivity index (χ0v) is 11.4. The number of carboxylic acid groups (broad SMARTS) is 1. The number of hydrogen-bond donors (Lipinski definition) is 3. The Labute approximate surface area is 116 Å². The van der Waals surface area contributed by atoms with E-state index in [1.165, 1.54) is 18.2 Å². The molecule has 0 aromatic heterocycles. The van der Waals surface area contributed by atoms with Gasteiger partial charge in [0.1, 0.15) is 5.69 Å².